The van der Waals surface area contributed by atoms with Crippen LogP contribution >= 0.6 is 7.60 Å². The highest BCUT2D eigenvalue weighted by Crippen LogP contribution is 2.33. The van der Waals surface area contributed by atoms with E-state index in [2.05, 4.69) is 6.92 Å². The molecule has 0 aromatic rings. The average Bonchev–Trinajstić information content (AvgIpc) is 2.56. The van der Waals surface area contributed by atoms with Gasteiger partial charge in [0, 0.05) is 0 Å². The van der Waals surface area contributed by atoms with Gasteiger partial charge in [-0.15, -0.1) is 0 Å². The number of carbonyl (C=O) groups excluding carboxylic acids is 1. The maximum atomic E-state index is 11.1. The van der Waals surface area contributed by atoms with Gasteiger partial charge in [0.25, 0.3) is 0 Å². The van der Waals surface area contributed by atoms with E-state index >= 15 is 0 Å². The Morgan fingerprint density at radius 3 is 1.38 bits per heavy atom. The molecule has 6 heteroatoms. The lowest BCUT2D eigenvalue weighted by molar-refractivity contribution is -0.140. The molecule has 2 N–H and O–H groups in total. The number of hydrogen-bond acceptors (Lipinski definition) is 3. The van der Waals surface area contributed by atoms with Crippen molar-refractivity contribution in [3.8, 4) is 0 Å². The molecule has 0 saturated heterocycles. The lowest BCUT2D eigenvalue weighted by Crippen LogP contribution is -2.10. The quantitative estimate of drug-likeness (QED) is 0.161. The number of carbonyl (C=O) groups is 1. The monoisotopic (exact) mass is 392 g/mol. The second-order valence-corrected chi connectivity index (χ2v) is 8.99. The van der Waals surface area contributed by atoms with Crippen LogP contribution in [-0.4, -0.2) is 28.5 Å². The van der Waals surface area contributed by atoms with Gasteiger partial charge in [-0.1, -0.05) is 103 Å². The topological polar surface area (TPSA) is 83.8 Å². The second kappa shape index (κ2) is 18.0. The van der Waals surface area contributed by atoms with Crippen molar-refractivity contribution < 1.29 is 23.9 Å². The van der Waals surface area contributed by atoms with Crippen molar-refractivity contribution in [3.05, 3.63) is 0 Å². The molecule has 0 atom stereocenters. The standard InChI is InChI=1S/C20H41O5P/c1-2-3-4-5-6-7-8-9-10-11-12-13-14-15-16-17-18-25-20(21)19-26(22,23)24/h2-19H2,1H3,(H2,22,23,24). The van der Waals surface area contributed by atoms with Gasteiger partial charge in [0.1, 0.15) is 6.16 Å². The van der Waals surface area contributed by atoms with Crippen molar-refractivity contribution in [3.63, 3.8) is 0 Å². The molecule has 0 aliphatic heterocycles. The lowest BCUT2D eigenvalue weighted by Gasteiger charge is -2.06. The van der Waals surface area contributed by atoms with Crippen LogP contribution in [-0.2, 0) is 14.1 Å². The fraction of sp³-hybridized carbons (Fsp3) is 0.950. The van der Waals surface area contributed by atoms with Gasteiger partial charge in [0.05, 0.1) is 6.61 Å². The molecule has 0 aromatic heterocycles. The molecule has 0 amide bonds. The molecule has 0 saturated carbocycles. The van der Waals surface area contributed by atoms with Crippen LogP contribution in [0.4, 0.5) is 0 Å². The predicted molar refractivity (Wildman–Crippen MR) is 107 cm³/mol. The Kier molecular flexibility index (Phi) is 17.7. The van der Waals surface area contributed by atoms with Gasteiger partial charge in [-0.2, -0.15) is 0 Å². The van der Waals surface area contributed by atoms with Crippen LogP contribution in [0.5, 0.6) is 0 Å². The zero-order valence-corrected chi connectivity index (χ0v) is 17.7. The molecular weight excluding hydrogens is 351 g/mol. The highest BCUT2D eigenvalue weighted by Gasteiger charge is 2.19. The summed E-state index contributed by atoms with van der Waals surface area (Å²) >= 11 is 0. The molecule has 0 rings (SSSR count). The summed E-state index contributed by atoms with van der Waals surface area (Å²) in [5.74, 6) is -0.806. The molecule has 0 aliphatic carbocycles. The zero-order chi connectivity index (χ0) is 19.5. The number of hydrogen-bond donors (Lipinski definition) is 2. The van der Waals surface area contributed by atoms with E-state index in [0.717, 1.165) is 19.3 Å². The molecule has 0 aliphatic rings. The number of unbranched alkanes of at least 4 members (excludes halogenated alkanes) is 15. The van der Waals surface area contributed by atoms with Crippen LogP contribution in [0.15, 0.2) is 0 Å². The fourth-order valence-electron chi connectivity index (χ4n) is 3.05. The summed E-state index contributed by atoms with van der Waals surface area (Å²) in [6.45, 7) is 2.52. The Morgan fingerprint density at radius 2 is 1.04 bits per heavy atom. The Balaban J connectivity index is 3.13. The van der Waals surface area contributed by atoms with Crippen molar-refractivity contribution in [2.45, 2.75) is 110 Å². The molecule has 0 radical (unpaired) electrons. The van der Waals surface area contributed by atoms with E-state index in [9.17, 15) is 9.36 Å². The normalized spacial score (nSPS) is 11.7. The first-order chi connectivity index (χ1) is 12.5. The Morgan fingerprint density at radius 1 is 0.692 bits per heavy atom. The molecule has 0 bridgehead atoms. The molecule has 0 unspecified atom stereocenters. The first-order valence-corrected chi connectivity index (χ1v) is 12.5. The van der Waals surface area contributed by atoms with Gasteiger partial charge in [-0.05, 0) is 6.42 Å². The minimum atomic E-state index is -4.29. The summed E-state index contributed by atoms with van der Waals surface area (Å²) in [6.07, 6.45) is 19.7. The molecule has 0 spiro atoms. The second-order valence-electron chi connectivity index (χ2n) is 7.35. The Hall–Kier alpha value is -0.380. The van der Waals surface area contributed by atoms with E-state index in [4.69, 9.17) is 14.5 Å². The third-order valence-electron chi connectivity index (χ3n) is 4.60. The zero-order valence-electron chi connectivity index (χ0n) is 16.8. The fourth-order valence-corrected chi connectivity index (χ4v) is 3.48. The third kappa shape index (κ3) is 21.7. The van der Waals surface area contributed by atoms with Crippen LogP contribution < -0.4 is 0 Å². The van der Waals surface area contributed by atoms with E-state index in [0.29, 0.717) is 0 Å². The minimum absolute atomic E-state index is 0.261. The van der Waals surface area contributed by atoms with Gasteiger partial charge in [-0.25, -0.2) is 0 Å². The first-order valence-electron chi connectivity index (χ1n) is 10.7. The SMILES string of the molecule is CCCCCCCCCCCCCCCCCCOC(=O)CP(=O)(O)O. The van der Waals surface area contributed by atoms with Crippen LogP contribution in [0.25, 0.3) is 0 Å². The van der Waals surface area contributed by atoms with E-state index in [1.54, 1.807) is 0 Å². The van der Waals surface area contributed by atoms with Gasteiger partial charge >= 0.3 is 13.6 Å². The number of esters is 1. The van der Waals surface area contributed by atoms with Crippen molar-refractivity contribution >= 4 is 13.6 Å². The third-order valence-corrected chi connectivity index (χ3v) is 5.27. The van der Waals surface area contributed by atoms with Gasteiger partial charge in [0.15, 0.2) is 0 Å². The van der Waals surface area contributed by atoms with Crippen LogP contribution in [0.2, 0.25) is 0 Å². The van der Waals surface area contributed by atoms with Crippen molar-refractivity contribution in [2.24, 2.45) is 0 Å². The van der Waals surface area contributed by atoms with E-state index in [-0.39, 0.29) is 6.61 Å². The van der Waals surface area contributed by atoms with Crippen molar-refractivity contribution in [1.29, 1.82) is 0 Å². The molecule has 5 nitrogen and oxygen atoms in total. The van der Waals surface area contributed by atoms with Gasteiger partial charge in [0.2, 0.25) is 0 Å². The molecular formula is C20H41O5P. The Bertz CT molecular complexity index is 367. The molecule has 0 aromatic carbocycles. The largest absolute Gasteiger partial charge is 0.465 e. The lowest BCUT2D eigenvalue weighted by atomic mass is 10.0. The summed E-state index contributed by atoms with van der Waals surface area (Å²) < 4.78 is 15.4. The van der Waals surface area contributed by atoms with Crippen LogP contribution in [0, 0.1) is 0 Å². The highest BCUT2D eigenvalue weighted by molar-refractivity contribution is 7.52. The first kappa shape index (κ1) is 25.6. The van der Waals surface area contributed by atoms with Crippen LogP contribution in [0.3, 0.4) is 0 Å². The summed E-state index contributed by atoms with van der Waals surface area (Å²) in [4.78, 5) is 28.4. The molecule has 0 fully saturated rings. The van der Waals surface area contributed by atoms with Crippen molar-refractivity contribution in [2.75, 3.05) is 12.8 Å². The van der Waals surface area contributed by atoms with E-state index in [1.165, 1.54) is 83.5 Å². The number of rotatable bonds is 19. The molecule has 0 heterocycles. The number of ether oxygens (including phenoxy) is 1. The maximum absolute atomic E-state index is 11.1. The summed E-state index contributed by atoms with van der Waals surface area (Å²) in [5, 5.41) is 0. The molecule has 156 valence electrons. The van der Waals surface area contributed by atoms with E-state index < -0.39 is 19.7 Å². The summed E-state index contributed by atoms with van der Waals surface area (Å²) in [5.41, 5.74) is 0. The summed E-state index contributed by atoms with van der Waals surface area (Å²) in [7, 11) is -4.29. The van der Waals surface area contributed by atoms with Gasteiger partial charge < -0.3 is 14.5 Å². The van der Waals surface area contributed by atoms with E-state index in [1.807, 2.05) is 0 Å². The predicted octanol–water partition coefficient (Wildman–Crippen LogP) is 5.97. The Labute approximate surface area is 160 Å². The van der Waals surface area contributed by atoms with Crippen molar-refractivity contribution in [1.82, 2.24) is 0 Å². The van der Waals surface area contributed by atoms with Crippen LogP contribution in [0.1, 0.15) is 110 Å². The summed E-state index contributed by atoms with van der Waals surface area (Å²) in [6, 6.07) is 0. The average molecular weight is 393 g/mol. The highest BCUT2D eigenvalue weighted by atomic mass is 31.2. The smallest absolute Gasteiger partial charge is 0.336 e. The minimum Gasteiger partial charge on any atom is -0.465 e. The molecule has 26 heavy (non-hydrogen) atoms. The maximum Gasteiger partial charge on any atom is 0.336 e. The van der Waals surface area contributed by atoms with Gasteiger partial charge in [-0.3, -0.25) is 9.36 Å².